The molecule has 2 unspecified atom stereocenters. The number of aliphatic hydroxyl groups is 2. The van der Waals surface area contributed by atoms with Gasteiger partial charge in [0.05, 0.1) is 13.2 Å². The summed E-state index contributed by atoms with van der Waals surface area (Å²) in [5.74, 6) is -1.39. The van der Waals surface area contributed by atoms with Gasteiger partial charge in [0.15, 0.2) is 24.2 Å². The van der Waals surface area contributed by atoms with E-state index in [0.29, 0.717) is 5.75 Å². The predicted molar refractivity (Wildman–Crippen MR) is 67.3 cm³/mol. The third-order valence-electron chi connectivity index (χ3n) is 2.32. The summed E-state index contributed by atoms with van der Waals surface area (Å²) in [5, 5.41) is 18.2. The molecule has 0 aliphatic rings. The Morgan fingerprint density at radius 3 is 2.35 bits per heavy atom. The lowest BCUT2D eigenvalue weighted by molar-refractivity contribution is -0.164. The molecule has 0 bridgehead atoms. The van der Waals surface area contributed by atoms with Crippen molar-refractivity contribution in [1.29, 1.82) is 0 Å². The van der Waals surface area contributed by atoms with Crippen LogP contribution < -0.4 is 9.47 Å². The van der Waals surface area contributed by atoms with Crippen LogP contribution in [0.3, 0.4) is 0 Å². The van der Waals surface area contributed by atoms with Gasteiger partial charge in [-0.3, -0.25) is 0 Å². The maximum absolute atomic E-state index is 11.5. The molecule has 0 saturated carbocycles. The first-order chi connectivity index (χ1) is 9.45. The Hall–Kier alpha value is -2.12. The van der Waals surface area contributed by atoms with E-state index in [2.05, 4.69) is 4.74 Å². The minimum Gasteiger partial charge on any atom is -0.493 e. The molecule has 20 heavy (non-hydrogen) atoms. The summed E-state index contributed by atoms with van der Waals surface area (Å²) in [6.07, 6.45) is -2.98. The number of ether oxygens (including phenoxy) is 3. The molecule has 7 nitrogen and oxygen atoms in total. The molecule has 0 fully saturated rings. The van der Waals surface area contributed by atoms with Crippen molar-refractivity contribution in [3.63, 3.8) is 0 Å². The first-order valence-corrected chi connectivity index (χ1v) is 5.82. The molecule has 1 aromatic rings. The van der Waals surface area contributed by atoms with E-state index in [1.807, 2.05) is 0 Å². The van der Waals surface area contributed by atoms with E-state index >= 15 is 0 Å². The topological polar surface area (TPSA) is 102 Å². The number of carbonyl (C=O) groups is 2. The third-order valence-corrected chi connectivity index (χ3v) is 2.32. The largest absolute Gasteiger partial charge is 0.493 e. The number of hydrogen-bond acceptors (Lipinski definition) is 7. The van der Waals surface area contributed by atoms with Crippen LogP contribution in [0.25, 0.3) is 0 Å². The molecule has 0 saturated heterocycles. The molecular formula is C13H16O7. The van der Waals surface area contributed by atoms with Gasteiger partial charge in [-0.2, -0.15) is 0 Å². The number of aliphatic hydroxyl groups excluding tert-OH is 2. The van der Waals surface area contributed by atoms with Crippen molar-refractivity contribution in [2.75, 3.05) is 13.7 Å². The van der Waals surface area contributed by atoms with E-state index in [-0.39, 0.29) is 5.75 Å². The normalized spacial score (nSPS) is 13.2. The molecule has 0 heterocycles. The highest BCUT2D eigenvalue weighted by Crippen LogP contribution is 2.25. The van der Waals surface area contributed by atoms with E-state index in [9.17, 15) is 14.7 Å². The van der Waals surface area contributed by atoms with E-state index in [1.54, 1.807) is 18.2 Å². The Balaban J connectivity index is 2.50. The zero-order valence-corrected chi connectivity index (χ0v) is 11.1. The van der Waals surface area contributed by atoms with Gasteiger partial charge < -0.3 is 24.4 Å². The van der Waals surface area contributed by atoms with Crippen molar-refractivity contribution >= 4 is 11.9 Å². The van der Waals surface area contributed by atoms with Crippen LogP contribution in [0.15, 0.2) is 24.3 Å². The van der Waals surface area contributed by atoms with Crippen molar-refractivity contribution in [2.24, 2.45) is 0 Å². The van der Waals surface area contributed by atoms with Gasteiger partial charge in [-0.05, 0) is 19.1 Å². The smallest absolute Gasteiger partial charge is 0.349 e. The quantitative estimate of drug-likeness (QED) is 0.555. The lowest BCUT2D eigenvalue weighted by atomic mass is 10.2. The molecule has 0 aromatic heterocycles. The molecule has 0 radical (unpaired) electrons. The number of methoxy groups -OCH3 is 1. The molecule has 0 aliphatic heterocycles. The molecule has 110 valence electrons. The number of esters is 2. The summed E-state index contributed by atoms with van der Waals surface area (Å²) in [4.78, 5) is 22.7. The van der Waals surface area contributed by atoms with E-state index in [1.165, 1.54) is 20.1 Å². The number of benzene rings is 1. The number of carbonyl (C=O) groups excluding carboxylic acids is 2. The Morgan fingerprint density at radius 2 is 1.80 bits per heavy atom. The lowest BCUT2D eigenvalue weighted by Gasteiger charge is -2.13. The Labute approximate surface area is 115 Å². The van der Waals surface area contributed by atoms with E-state index in [4.69, 9.17) is 14.6 Å². The third kappa shape index (κ3) is 4.52. The van der Waals surface area contributed by atoms with Gasteiger partial charge >= 0.3 is 11.9 Å². The zero-order valence-electron chi connectivity index (χ0n) is 11.1. The van der Waals surface area contributed by atoms with Gasteiger partial charge in [0, 0.05) is 0 Å². The van der Waals surface area contributed by atoms with Crippen molar-refractivity contribution in [3.05, 3.63) is 24.3 Å². The highest BCUT2D eigenvalue weighted by atomic mass is 16.6. The van der Waals surface area contributed by atoms with Crippen LogP contribution in [0.5, 0.6) is 11.5 Å². The summed E-state index contributed by atoms with van der Waals surface area (Å²) in [6.45, 7) is 0.541. The fourth-order valence-electron chi connectivity index (χ4n) is 1.27. The maximum Gasteiger partial charge on any atom is 0.349 e. The minimum absolute atomic E-state index is 0.187. The molecule has 7 heteroatoms. The van der Waals surface area contributed by atoms with Gasteiger partial charge in [0.2, 0.25) is 0 Å². The fourth-order valence-corrected chi connectivity index (χ4v) is 1.27. The van der Waals surface area contributed by atoms with Crippen LogP contribution in [0.4, 0.5) is 0 Å². The van der Waals surface area contributed by atoms with Gasteiger partial charge in [0.1, 0.15) is 0 Å². The van der Waals surface area contributed by atoms with E-state index in [0.717, 1.165) is 0 Å². The van der Waals surface area contributed by atoms with Crippen LogP contribution in [0, 0.1) is 0 Å². The van der Waals surface area contributed by atoms with Crippen LogP contribution in [-0.2, 0) is 14.3 Å². The second-order valence-corrected chi connectivity index (χ2v) is 3.92. The first-order valence-electron chi connectivity index (χ1n) is 5.82. The number of rotatable bonds is 6. The van der Waals surface area contributed by atoms with Crippen molar-refractivity contribution < 1.29 is 34.0 Å². The molecular weight excluding hydrogens is 268 g/mol. The average Bonchev–Trinajstić information content (AvgIpc) is 2.44. The SMILES string of the molecule is COc1ccccc1OC(=O)COC(=O)C(O)C(C)O. The van der Waals surface area contributed by atoms with Crippen LogP contribution in [0.2, 0.25) is 0 Å². The predicted octanol–water partition coefficient (Wildman–Crippen LogP) is -0.114. The van der Waals surface area contributed by atoms with Gasteiger partial charge in [-0.25, -0.2) is 9.59 Å². The molecule has 0 aliphatic carbocycles. The van der Waals surface area contributed by atoms with Crippen molar-refractivity contribution in [1.82, 2.24) is 0 Å². The van der Waals surface area contributed by atoms with Crippen LogP contribution in [0.1, 0.15) is 6.92 Å². The Bertz CT molecular complexity index is 470. The monoisotopic (exact) mass is 284 g/mol. The summed E-state index contributed by atoms with van der Waals surface area (Å²) < 4.78 is 14.4. The standard InChI is InChI=1S/C13H16O7/c1-8(14)12(16)13(17)19-7-11(15)20-10-6-4-3-5-9(10)18-2/h3-6,8,12,14,16H,7H2,1-2H3. The molecule has 1 rings (SSSR count). The van der Waals surface area contributed by atoms with Gasteiger partial charge in [-0.1, -0.05) is 12.1 Å². The Kier molecular flexibility index (Phi) is 5.95. The minimum atomic E-state index is -1.70. The first kappa shape index (κ1) is 15.9. The molecule has 1 aromatic carbocycles. The average molecular weight is 284 g/mol. The van der Waals surface area contributed by atoms with Gasteiger partial charge in [-0.15, -0.1) is 0 Å². The van der Waals surface area contributed by atoms with Gasteiger partial charge in [0.25, 0.3) is 0 Å². The van der Waals surface area contributed by atoms with E-state index < -0.39 is 30.8 Å². The highest BCUT2D eigenvalue weighted by Gasteiger charge is 2.23. The fraction of sp³-hybridized carbons (Fsp3) is 0.385. The molecule has 2 atom stereocenters. The van der Waals surface area contributed by atoms with Crippen LogP contribution >= 0.6 is 0 Å². The maximum atomic E-state index is 11.5. The number of hydrogen-bond donors (Lipinski definition) is 2. The van der Waals surface area contributed by atoms with Crippen LogP contribution in [-0.4, -0.2) is 48.1 Å². The lowest BCUT2D eigenvalue weighted by Crippen LogP contribution is -2.34. The molecule has 0 amide bonds. The summed E-state index contributed by atoms with van der Waals surface area (Å²) in [7, 11) is 1.42. The Morgan fingerprint density at radius 1 is 1.20 bits per heavy atom. The van der Waals surface area contributed by atoms with Crippen molar-refractivity contribution in [2.45, 2.75) is 19.1 Å². The summed E-state index contributed by atoms with van der Waals surface area (Å²) in [5.41, 5.74) is 0. The number of para-hydroxylation sites is 2. The van der Waals surface area contributed by atoms with Crippen molar-refractivity contribution in [3.8, 4) is 11.5 Å². The zero-order chi connectivity index (χ0) is 15.1. The summed E-state index contributed by atoms with van der Waals surface area (Å²) >= 11 is 0. The second kappa shape index (κ2) is 7.46. The summed E-state index contributed by atoms with van der Waals surface area (Å²) in [6, 6.07) is 6.47. The second-order valence-electron chi connectivity index (χ2n) is 3.92. The molecule has 2 N–H and O–H groups in total. The highest BCUT2D eigenvalue weighted by molar-refractivity contribution is 5.80. The molecule has 0 spiro atoms.